The molecule has 6 nitrogen and oxygen atoms in total. The Kier molecular flexibility index (Phi) is 8.53. The topological polar surface area (TPSA) is 54.0 Å². The van der Waals surface area contributed by atoms with Gasteiger partial charge in [0.2, 0.25) is 5.91 Å². The van der Waals surface area contributed by atoms with Gasteiger partial charge in [-0.05, 0) is 49.1 Å². The average Bonchev–Trinajstić information content (AvgIpc) is 2.83. The zero-order valence-corrected chi connectivity index (χ0v) is 20.1. The molecule has 1 aliphatic rings. The second-order valence-corrected chi connectivity index (χ2v) is 8.55. The van der Waals surface area contributed by atoms with E-state index in [1.807, 2.05) is 43.3 Å². The summed E-state index contributed by atoms with van der Waals surface area (Å²) in [5.41, 5.74) is 3.25. The van der Waals surface area contributed by atoms with Gasteiger partial charge in [-0.3, -0.25) is 14.6 Å². The lowest BCUT2D eigenvalue weighted by molar-refractivity contribution is -0.121. The fourth-order valence-electron chi connectivity index (χ4n) is 4.22. The molecule has 0 aromatic heterocycles. The number of ether oxygens (including phenoxy) is 2. The van der Waals surface area contributed by atoms with Gasteiger partial charge in [0.15, 0.2) is 0 Å². The number of rotatable bonds is 9. The molecule has 1 aliphatic heterocycles. The fourth-order valence-corrected chi connectivity index (χ4v) is 4.22. The van der Waals surface area contributed by atoms with Crippen LogP contribution in [0, 0.1) is 0 Å². The Bertz CT molecular complexity index is 894. The van der Waals surface area contributed by atoms with Crippen molar-refractivity contribution in [2.24, 2.45) is 0 Å². The number of amides is 1. The zero-order valence-electron chi connectivity index (χ0n) is 20.1. The molecule has 2 atom stereocenters. The van der Waals surface area contributed by atoms with Crippen molar-refractivity contribution in [3.8, 4) is 11.5 Å². The predicted molar refractivity (Wildman–Crippen MR) is 130 cm³/mol. The highest BCUT2D eigenvalue weighted by Crippen LogP contribution is 2.28. The first kappa shape index (κ1) is 24.1. The molecule has 3 rings (SSSR count). The molecule has 174 valence electrons. The molecule has 1 saturated heterocycles. The number of nitrogens with one attached hydrogen (secondary N) is 1. The Hall–Kier alpha value is -2.57. The first-order chi connectivity index (χ1) is 15.5. The van der Waals surface area contributed by atoms with Crippen LogP contribution in [-0.2, 0) is 11.3 Å². The van der Waals surface area contributed by atoms with Gasteiger partial charge >= 0.3 is 0 Å². The van der Waals surface area contributed by atoms with Crippen molar-refractivity contribution < 1.29 is 14.3 Å². The van der Waals surface area contributed by atoms with Gasteiger partial charge in [0.05, 0.1) is 20.3 Å². The maximum Gasteiger partial charge on any atom is 0.241 e. The Labute approximate surface area is 192 Å². The molecule has 32 heavy (non-hydrogen) atoms. The van der Waals surface area contributed by atoms with Crippen molar-refractivity contribution in [2.75, 3.05) is 45.7 Å². The van der Waals surface area contributed by atoms with Crippen molar-refractivity contribution >= 4 is 11.6 Å². The summed E-state index contributed by atoms with van der Waals surface area (Å²) in [6.45, 7) is 10.7. The molecule has 2 aromatic rings. The van der Waals surface area contributed by atoms with Crippen molar-refractivity contribution in [3.63, 3.8) is 0 Å². The monoisotopic (exact) mass is 439 g/mol. The van der Waals surface area contributed by atoms with Gasteiger partial charge < -0.3 is 14.8 Å². The predicted octanol–water partition coefficient (Wildman–Crippen LogP) is 4.36. The SMILES string of the molecule is CCC(C)c1ccccc1NC(=O)C(C)N1CCN(Cc2cc(OC)ccc2OC)CC1. The third-order valence-corrected chi connectivity index (χ3v) is 6.58. The maximum absolute atomic E-state index is 13.0. The van der Waals surface area contributed by atoms with Crippen molar-refractivity contribution in [3.05, 3.63) is 53.6 Å². The van der Waals surface area contributed by atoms with Crippen LogP contribution in [0.25, 0.3) is 0 Å². The Morgan fingerprint density at radius 1 is 1.03 bits per heavy atom. The quantitative estimate of drug-likeness (QED) is 0.629. The van der Waals surface area contributed by atoms with E-state index in [2.05, 4.69) is 35.0 Å². The number of nitrogens with zero attached hydrogens (tertiary/aromatic N) is 2. The van der Waals surface area contributed by atoms with E-state index in [0.29, 0.717) is 5.92 Å². The standard InChI is InChI=1S/C26H37N3O3/c1-6-19(2)23-9-7-8-10-24(23)27-26(30)20(3)29-15-13-28(14-16-29)18-21-17-22(31-4)11-12-25(21)32-5/h7-12,17,19-20H,6,13-16,18H2,1-5H3,(H,27,30). The first-order valence-corrected chi connectivity index (χ1v) is 11.5. The minimum absolute atomic E-state index is 0.0590. The van der Waals surface area contributed by atoms with E-state index in [4.69, 9.17) is 9.47 Å². The third-order valence-electron chi connectivity index (χ3n) is 6.58. The molecular weight excluding hydrogens is 402 g/mol. The maximum atomic E-state index is 13.0. The highest BCUT2D eigenvalue weighted by atomic mass is 16.5. The summed E-state index contributed by atoms with van der Waals surface area (Å²) in [6, 6.07) is 13.9. The Balaban J connectivity index is 1.57. The van der Waals surface area contributed by atoms with Crippen LogP contribution in [0.15, 0.2) is 42.5 Å². The summed E-state index contributed by atoms with van der Waals surface area (Å²) >= 11 is 0. The van der Waals surface area contributed by atoms with Gasteiger partial charge in [0.1, 0.15) is 11.5 Å². The van der Waals surface area contributed by atoms with Crippen LogP contribution in [0.1, 0.15) is 44.2 Å². The number of piperazine rings is 1. The summed E-state index contributed by atoms with van der Waals surface area (Å²) in [4.78, 5) is 17.7. The summed E-state index contributed by atoms with van der Waals surface area (Å²) in [5.74, 6) is 2.19. The normalized spacial score (nSPS) is 16.9. The van der Waals surface area contributed by atoms with E-state index in [1.54, 1.807) is 14.2 Å². The smallest absolute Gasteiger partial charge is 0.241 e. The summed E-state index contributed by atoms with van der Waals surface area (Å²) in [7, 11) is 3.38. The molecule has 0 aliphatic carbocycles. The van der Waals surface area contributed by atoms with Crippen LogP contribution in [-0.4, -0.2) is 62.1 Å². The van der Waals surface area contributed by atoms with Crippen LogP contribution in [0.5, 0.6) is 11.5 Å². The number of hydrogen-bond donors (Lipinski definition) is 1. The zero-order chi connectivity index (χ0) is 23.1. The molecule has 1 amide bonds. The average molecular weight is 440 g/mol. The van der Waals surface area contributed by atoms with E-state index in [1.165, 1.54) is 5.56 Å². The number of methoxy groups -OCH3 is 2. The number of carbonyl (C=O) groups excluding carboxylic acids is 1. The van der Waals surface area contributed by atoms with Crippen LogP contribution in [0.4, 0.5) is 5.69 Å². The molecule has 2 aromatic carbocycles. The van der Waals surface area contributed by atoms with E-state index < -0.39 is 0 Å². The molecule has 1 heterocycles. The lowest BCUT2D eigenvalue weighted by Gasteiger charge is -2.37. The van der Waals surface area contributed by atoms with Gasteiger partial charge in [-0.15, -0.1) is 0 Å². The van der Waals surface area contributed by atoms with E-state index >= 15 is 0 Å². The van der Waals surface area contributed by atoms with Crippen molar-refractivity contribution in [1.29, 1.82) is 0 Å². The van der Waals surface area contributed by atoms with Crippen LogP contribution in [0.2, 0.25) is 0 Å². The van der Waals surface area contributed by atoms with Gasteiger partial charge in [-0.2, -0.15) is 0 Å². The summed E-state index contributed by atoms with van der Waals surface area (Å²) in [5, 5.41) is 3.18. The van der Waals surface area contributed by atoms with Gasteiger partial charge in [0.25, 0.3) is 0 Å². The Morgan fingerprint density at radius 3 is 2.41 bits per heavy atom. The number of anilines is 1. The molecule has 0 saturated carbocycles. The molecular formula is C26H37N3O3. The lowest BCUT2D eigenvalue weighted by Crippen LogP contribution is -2.52. The molecule has 6 heteroatoms. The largest absolute Gasteiger partial charge is 0.497 e. The summed E-state index contributed by atoms with van der Waals surface area (Å²) in [6.07, 6.45) is 1.04. The van der Waals surface area contributed by atoms with Gasteiger partial charge in [-0.1, -0.05) is 32.0 Å². The number of para-hydroxylation sites is 1. The van der Waals surface area contributed by atoms with Crippen molar-refractivity contribution in [2.45, 2.75) is 45.7 Å². The minimum atomic E-state index is -0.173. The van der Waals surface area contributed by atoms with Gasteiger partial charge in [0, 0.05) is 44.0 Å². The van der Waals surface area contributed by atoms with E-state index in [-0.39, 0.29) is 11.9 Å². The Morgan fingerprint density at radius 2 is 1.75 bits per heavy atom. The second-order valence-electron chi connectivity index (χ2n) is 8.55. The molecule has 2 unspecified atom stereocenters. The molecule has 0 bridgehead atoms. The highest BCUT2D eigenvalue weighted by molar-refractivity contribution is 5.95. The number of hydrogen-bond acceptors (Lipinski definition) is 5. The van der Waals surface area contributed by atoms with Crippen LogP contribution < -0.4 is 14.8 Å². The molecule has 1 N–H and O–H groups in total. The van der Waals surface area contributed by atoms with Crippen molar-refractivity contribution in [1.82, 2.24) is 9.80 Å². The summed E-state index contributed by atoms with van der Waals surface area (Å²) < 4.78 is 10.9. The third kappa shape index (κ3) is 5.81. The first-order valence-electron chi connectivity index (χ1n) is 11.5. The number of carbonyl (C=O) groups is 1. The molecule has 1 fully saturated rings. The lowest BCUT2D eigenvalue weighted by atomic mass is 9.97. The van der Waals surface area contributed by atoms with E-state index in [9.17, 15) is 4.79 Å². The molecule has 0 spiro atoms. The minimum Gasteiger partial charge on any atom is -0.497 e. The van der Waals surface area contributed by atoms with Crippen LogP contribution >= 0.6 is 0 Å². The number of benzene rings is 2. The van der Waals surface area contributed by atoms with E-state index in [0.717, 1.165) is 61.9 Å². The van der Waals surface area contributed by atoms with Crippen LogP contribution in [0.3, 0.4) is 0 Å². The fraction of sp³-hybridized carbons (Fsp3) is 0.500. The van der Waals surface area contributed by atoms with Gasteiger partial charge in [-0.25, -0.2) is 0 Å². The highest BCUT2D eigenvalue weighted by Gasteiger charge is 2.26. The molecule has 0 radical (unpaired) electrons. The second kappa shape index (κ2) is 11.3.